The van der Waals surface area contributed by atoms with E-state index < -0.39 is 0 Å². The van der Waals surface area contributed by atoms with Crippen molar-refractivity contribution in [3.63, 3.8) is 0 Å². The maximum atomic E-state index is 4.78. The minimum Gasteiger partial charge on any atom is -0.357 e. The predicted octanol–water partition coefficient (Wildman–Crippen LogP) is 3.53. The zero-order valence-corrected chi connectivity index (χ0v) is 15.9. The molecule has 24 heavy (non-hydrogen) atoms. The lowest BCUT2D eigenvalue weighted by atomic mass is 9.92. The van der Waals surface area contributed by atoms with Crippen LogP contribution in [0, 0.1) is 6.92 Å². The third-order valence-electron chi connectivity index (χ3n) is 3.99. The van der Waals surface area contributed by atoms with E-state index in [0.717, 1.165) is 32.0 Å². The lowest BCUT2D eigenvalue weighted by molar-refractivity contribution is 0.548. The minimum atomic E-state index is 0.0538. The van der Waals surface area contributed by atoms with E-state index in [1.807, 2.05) is 12.4 Å². The number of hydrogen-bond acceptors (Lipinski definition) is 3. The van der Waals surface area contributed by atoms with Crippen LogP contribution in [0.2, 0.25) is 0 Å². The van der Waals surface area contributed by atoms with Crippen molar-refractivity contribution in [2.45, 2.75) is 39.5 Å². The van der Waals surface area contributed by atoms with E-state index in [-0.39, 0.29) is 5.41 Å². The van der Waals surface area contributed by atoms with E-state index in [4.69, 9.17) is 4.99 Å². The van der Waals surface area contributed by atoms with Gasteiger partial charge in [-0.1, -0.05) is 19.9 Å². The number of rotatable bonds is 7. The van der Waals surface area contributed by atoms with Crippen LogP contribution >= 0.6 is 11.3 Å². The monoisotopic (exact) mass is 344 g/mol. The number of nitrogens with zero attached hydrogens (tertiary/aromatic N) is 2. The molecule has 5 heteroatoms. The summed E-state index contributed by atoms with van der Waals surface area (Å²) in [4.78, 5) is 10.3. The molecule has 2 aromatic rings. The van der Waals surface area contributed by atoms with Gasteiger partial charge in [-0.05, 0) is 48.9 Å². The first kappa shape index (κ1) is 18.5. The number of guanidine groups is 1. The van der Waals surface area contributed by atoms with Gasteiger partial charge in [0.15, 0.2) is 5.96 Å². The minimum absolute atomic E-state index is 0.0538. The van der Waals surface area contributed by atoms with Crippen LogP contribution in [0.5, 0.6) is 0 Å². The molecule has 4 nitrogen and oxygen atoms in total. The SMILES string of the molecule is CCNC(=NCC(C)(C)c1cccs1)NCCc1ccncc1C. The third kappa shape index (κ3) is 5.34. The average Bonchev–Trinajstić information content (AvgIpc) is 3.10. The Labute approximate surface area is 149 Å². The number of nitrogens with one attached hydrogen (secondary N) is 2. The summed E-state index contributed by atoms with van der Waals surface area (Å²) in [6, 6.07) is 6.37. The summed E-state index contributed by atoms with van der Waals surface area (Å²) in [5.74, 6) is 0.883. The summed E-state index contributed by atoms with van der Waals surface area (Å²) in [5.41, 5.74) is 2.62. The zero-order valence-electron chi connectivity index (χ0n) is 15.1. The van der Waals surface area contributed by atoms with E-state index in [2.05, 4.69) is 66.9 Å². The molecule has 0 atom stereocenters. The molecule has 0 radical (unpaired) electrons. The van der Waals surface area contributed by atoms with Crippen LogP contribution in [0.15, 0.2) is 41.0 Å². The van der Waals surface area contributed by atoms with Gasteiger partial charge in [0.05, 0.1) is 6.54 Å². The third-order valence-corrected chi connectivity index (χ3v) is 5.22. The van der Waals surface area contributed by atoms with Gasteiger partial charge in [0, 0.05) is 35.8 Å². The Kier molecular flexibility index (Phi) is 6.79. The molecule has 0 aliphatic rings. The highest BCUT2D eigenvalue weighted by Crippen LogP contribution is 2.27. The van der Waals surface area contributed by atoms with Gasteiger partial charge in [-0.15, -0.1) is 11.3 Å². The van der Waals surface area contributed by atoms with Crippen LogP contribution in [-0.2, 0) is 11.8 Å². The molecule has 0 unspecified atom stereocenters. The van der Waals surface area contributed by atoms with Crippen molar-refractivity contribution < 1.29 is 0 Å². The van der Waals surface area contributed by atoms with E-state index in [0.29, 0.717) is 0 Å². The molecule has 0 saturated heterocycles. The van der Waals surface area contributed by atoms with Crippen molar-refractivity contribution in [1.82, 2.24) is 15.6 Å². The second-order valence-electron chi connectivity index (χ2n) is 6.54. The fraction of sp³-hybridized carbons (Fsp3) is 0.474. The van der Waals surface area contributed by atoms with E-state index in [9.17, 15) is 0 Å². The van der Waals surface area contributed by atoms with Crippen LogP contribution in [0.25, 0.3) is 0 Å². The van der Waals surface area contributed by atoms with Crippen molar-refractivity contribution in [2.75, 3.05) is 19.6 Å². The second kappa shape index (κ2) is 8.83. The molecule has 0 aromatic carbocycles. The molecular formula is C19H28N4S. The first-order chi connectivity index (χ1) is 11.5. The quantitative estimate of drug-likeness (QED) is 0.597. The normalized spacial score (nSPS) is 12.2. The molecule has 0 spiro atoms. The van der Waals surface area contributed by atoms with Gasteiger partial charge in [0.1, 0.15) is 0 Å². The molecule has 0 fully saturated rings. The van der Waals surface area contributed by atoms with Crippen LogP contribution in [0.3, 0.4) is 0 Å². The van der Waals surface area contributed by atoms with Crippen molar-refractivity contribution >= 4 is 17.3 Å². The van der Waals surface area contributed by atoms with Gasteiger partial charge in [-0.3, -0.25) is 9.98 Å². The highest BCUT2D eigenvalue weighted by atomic mass is 32.1. The standard InChI is InChI=1S/C19H28N4S/c1-5-21-18(22-11-9-16-8-10-20-13-15(16)2)23-14-19(3,4)17-7-6-12-24-17/h6-8,10,12-13H,5,9,11,14H2,1-4H3,(H2,21,22,23). The average molecular weight is 345 g/mol. The first-order valence-corrected chi connectivity index (χ1v) is 9.36. The number of aromatic nitrogens is 1. The lowest BCUT2D eigenvalue weighted by Gasteiger charge is -2.22. The number of pyridine rings is 1. The summed E-state index contributed by atoms with van der Waals surface area (Å²) < 4.78 is 0. The Morgan fingerprint density at radius 3 is 2.79 bits per heavy atom. The van der Waals surface area contributed by atoms with Crippen molar-refractivity contribution in [1.29, 1.82) is 0 Å². The molecule has 0 saturated carbocycles. The van der Waals surface area contributed by atoms with Gasteiger partial charge in [0.2, 0.25) is 0 Å². The Hall–Kier alpha value is -1.88. The van der Waals surface area contributed by atoms with Crippen LogP contribution in [0.4, 0.5) is 0 Å². The fourth-order valence-corrected chi connectivity index (χ4v) is 3.30. The fourth-order valence-electron chi connectivity index (χ4n) is 2.46. The van der Waals surface area contributed by atoms with Gasteiger partial charge in [0.25, 0.3) is 0 Å². The largest absolute Gasteiger partial charge is 0.357 e. The molecule has 0 aliphatic carbocycles. The maximum absolute atomic E-state index is 4.78. The van der Waals surface area contributed by atoms with Crippen molar-refractivity contribution in [3.05, 3.63) is 52.0 Å². The maximum Gasteiger partial charge on any atom is 0.191 e. The Bertz CT molecular complexity index is 647. The second-order valence-corrected chi connectivity index (χ2v) is 7.48. The number of hydrogen-bond donors (Lipinski definition) is 2. The van der Waals surface area contributed by atoms with E-state index in [1.54, 1.807) is 11.3 Å². The topological polar surface area (TPSA) is 49.3 Å². The van der Waals surface area contributed by atoms with Gasteiger partial charge in [-0.2, -0.15) is 0 Å². The molecular weight excluding hydrogens is 316 g/mol. The van der Waals surface area contributed by atoms with Crippen LogP contribution in [0.1, 0.15) is 36.8 Å². The van der Waals surface area contributed by atoms with Gasteiger partial charge < -0.3 is 10.6 Å². The van der Waals surface area contributed by atoms with Crippen LogP contribution < -0.4 is 10.6 Å². The number of aliphatic imine (C=N–C) groups is 1. The zero-order chi connectivity index (χ0) is 17.4. The lowest BCUT2D eigenvalue weighted by Crippen LogP contribution is -2.39. The summed E-state index contributed by atoms with van der Waals surface area (Å²) in [7, 11) is 0. The summed E-state index contributed by atoms with van der Waals surface area (Å²) in [6.45, 7) is 11.2. The van der Waals surface area contributed by atoms with Gasteiger partial charge in [-0.25, -0.2) is 0 Å². The van der Waals surface area contributed by atoms with Crippen molar-refractivity contribution in [3.8, 4) is 0 Å². The molecule has 2 N–H and O–H groups in total. The highest BCUT2D eigenvalue weighted by molar-refractivity contribution is 7.10. The Morgan fingerprint density at radius 1 is 1.29 bits per heavy atom. The molecule has 2 heterocycles. The number of thiophene rings is 1. The molecule has 0 bridgehead atoms. The molecule has 0 aliphatic heterocycles. The van der Waals surface area contributed by atoms with Gasteiger partial charge >= 0.3 is 0 Å². The molecule has 130 valence electrons. The summed E-state index contributed by atoms with van der Waals surface area (Å²) in [6.07, 6.45) is 4.73. The smallest absolute Gasteiger partial charge is 0.191 e. The Balaban J connectivity index is 1.92. The van der Waals surface area contributed by atoms with E-state index in [1.165, 1.54) is 16.0 Å². The number of aryl methyl sites for hydroxylation is 1. The van der Waals surface area contributed by atoms with Crippen molar-refractivity contribution in [2.24, 2.45) is 4.99 Å². The first-order valence-electron chi connectivity index (χ1n) is 8.48. The van der Waals surface area contributed by atoms with Crippen LogP contribution in [-0.4, -0.2) is 30.6 Å². The summed E-state index contributed by atoms with van der Waals surface area (Å²) >= 11 is 1.80. The molecule has 0 amide bonds. The van der Waals surface area contributed by atoms with E-state index >= 15 is 0 Å². The molecule has 2 rings (SSSR count). The summed E-state index contributed by atoms with van der Waals surface area (Å²) in [5, 5.41) is 8.89. The predicted molar refractivity (Wildman–Crippen MR) is 104 cm³/mol. The highest BCUT2D eigenvalue weighted by Gasteiger charge is 2.21. The Morgan fingerprint density at radius 2 is 2.12 bits per heavy atom. The molecule has 2 aromatic heterocycles.